The van der Waals surface area contributed by atoms with E-state index in [1.807, 2.05) is 12.1 Å². The number of hydrogen-bond acceptors (Lipinski definition) is 3. The SMILES string of the molecule is C=COOOc1ccc(CCCCCCCC)cc1. The zero-order valence-electron chi connectivity index (χ0n) is 11.8. The summed E-state index contributed by atoms with van der Waals surface area (Å²) < 4.78 is 0. The predicted octanol–water partition coefficient (Wildman–Crippen LogP) is 4.98. The monoisotopic (exact) mass is 264 g/mol. The molecule has 106 valence electrons. The third-order valence-electron chi connectivity index (χ3n) is 2.98. The lowest BCUT2D eigenvalue weighted by Gasteiger charge is -2.04. The van der Waals surface area contributed by atoms with E-state index >= 15 is 0 Å². The Morgan fingerprint density at radius 3 is 2.37 bits per heavy atom. The minimum Gasteiger partial charge on any atom is -0.308 e. The predicted molar refractivity (Wildman–Crippen MR) is 76.5 cm³/mol. The molecule has 1 aromatic carbocycles. The average molecular weight is 264 g/mol. The quantitative estimate of drug-likeness (QED) is 0.244. The van der Waals surface area contributed by atoms with Crippen LogP contribution >= 0.6 is 0 Å². The van der Waals surface area contributed by atoms with Gasteiger partial charge in [-0.05, 0) is 30.5 Å². The molecule has 0 unspecified atom stereocenters. The second-order valence-electron chi connectivity index (χ2n) is 4.58. The zero-order chi connectivity index (χ0) is 13.8. The Morgan fingerprint density at radius 2 is 1.68 bits per heavy atom. The zero-order valence-corrected chi connectivity index (χ0v) is 11.8. The van der Waals surface area contributed by atoms with Crippen LogP contribution in [0.25, 0.3) is 0 Å². The first kappa shape index (κ1) is 15.6. The molecular formula is C16H24O3. The topological polar surface area (TPSA) is 27.7 Å². The fraction of sp³-hybridized carbons (Fsp3) is 0.500. The Kier molecular flexibility index (Phi) is 8.56. The molecule has 0 aliphatic carbocycles. The van der Waals surface area contributed by atoms with Gasteiger partial charge in [-0.3, -0.25) is 4.89 Å². The summed E-state index contributed by atoms with van der Waals surface area (Å²) in [5, 5.41) is 4.43. The van der Waals surface area contributed by atoms with E-state index in [0.29, 0.717) is 5.75 Å². The Labute approximate surface area is 116 Å². The number of unbranched alkanes of at least 4 members (excludes halogenated alkanes) is 5. The van der Waals surface area contributed by atoms with Crippen LogP contribution in [0.5, 0.6) is 5.75 Å². The van der Waals surface area contributed by atoms with Crippen LogP contribution in [0.1, 0.15) is 51.0 Å². The largest absolute Gasteiger partial charge is 0.308 e. The van der Waals surface area contributed by atoms with Gasteiger partial charge >= 0.3 is 0 Å². The van der Waals surface area contributed by atoms with Crippen LogP contribution in [0.3, 0.4) is 0 Å². The summed E-state index contributed by atoms with van der Waals surface area (Å²) in [6.45, 7) is 5.58. The van der Waals surface area contributed by atoms with Crippen molar-refractivity contribution in [3.63, 3.8) is 0 Å². The summed E-state index contributed by atoms with van der Waals surface area (Å²) in [6, 6.07) is 7.86. The van der Waals surface area contributed by atoms with E-state index in [-0.39, 0.29) is 0 Å². The summed E-state index contributed by atoms with van der Waals surface area (Å²) in [5.41, 5.74) is 1.33. The molecule has 0 saturated heterocycles. The first-order chi connectivity index (χ1) is 9.36. The minimum absolute atomic E-state index is 0.619. The van der Waals surface area contributed by atoms with Crippen LogP contribution < -0.4 is 4.89 Å². The highest BCUT2D eigenvalue weighted by atomic mass is 17.5. The van der Waals surface area contributed by atoms with E-state index in [1.54, 1.807) is 0 Å². The lowest BCUT2D eigenvalue weighted by atomic mass is 10.1. The molecule has 0 saturated carbocycles. The molecule has 0 atom stereocenters. The second kappa shape index (κ2) is 10.4. The molecule has 0 bridgehead atoms. The Bertz CT molecular complexity index is 332. The number of hydrogen-bond donors (Lipinski definition) is 0. The molecule has 1 rings (SSSR count). The van der Waals surface area contributed by atoms with Crippen LogP contribution in [0.4, 0.5) is 0 Å². The summed E-state index contributed by atoms with van der Waals surface area (Å²) in [6.07, 6.45) is 10.2. The van der Waals surface area contributed by atoms with Gasteiger partial charge in [0.25, 0.3) is 0 Å². The molecule has 19 heavy (non-hydrogen) atoms. The third-order valence-corrected chi connectivity index (χ3v) is 2.98. The Balaban J connectivity index is 2.15. The van der Waals surface area contributed by atoms with E-state index in [2.05, 4.69) is 35.6 Å². The summed E-state index contributed by atoms with van der Waals surface area (Å²) in [5.74, 6) is 0.619. The minimum atomic E-state index is 0.619. The first-order valence-corrected chi connectivity index (χ1v) is 7.06. The first-order valence-electron chi connectivity index (χ1n) is 7.06. The smallest absolute Gasteiger partial charge is 0.169 e. The molecule has 1 aromatic rings. The van der Waals surface area contributed by atoms with E-state index in [4.69, 9.17) is 4.89 Å². The van der Waals surface area contributed by atoms with Gasteiger partial charge in [-0.15, -0.1) is 0 Å². The van der Waals surface area contributed by atoms with Crippen molar-refractivity contribution in [1.82, 2.24) is 0 Å². The molecule has 0 fully saturated rings. The lowest BCUT2D eigenvalue weighted by Crippen LogP contribution is -1.94. The van der Waals surface area contributed by atoms with Crippen LogP contribution in [0.15, 0.2) is 37.1 Å². The maximum atomic E-state index is 4.88. The van der Waals surface area contributed by atoms with Gasteiger partial charge in [0.15, 0.2) is 5.75 Å². The maximum Gasteiger partial charge on any atom is 0.169 e. The number of rotatable bonds is 11. The summed E-state index contributed by atoms with van der Waals surface area (Å²) >= 11 is 0. The Hall–Kier alpha value is -1.48. The van der Waals surface area contributed by atoms with E-state index in [9.17, 15) is 0 Å². The lowest BCUT2D eigenvalue weighted by molar-refractivity contribution is -0.438. The highest BCUT2D eigenvalue weighted by Gasteiger charge is 1.97. The van der Waals surface area contributed by atoms with Crippen molar-refractivity contribution in [3.05, 3.63) is 42.7 Å². The van der Waals surface area contributed by atoms with Gasteiger partial charge in [-0.1, -0.05) is 57.7 Å². The molecule has 0 aromatic heterocycles. The van der Waals surface area contributed by atoms with Crippen molar-refractivity contribution in [1.29, 1.82) is 0 Å². The van der Waals surface area contributed by atoms with Crippen LogP contribution in [-0.2, 0) is 16.3 Å². The van der Waals surface area contributed by atoms with Crippen molar-refractivity contribution in [2.75, 3.05) is 0 Å². The van der Waals surface area contributed by atoms with Gasteiger partial charge in [0.05, 0.1) is 0 Å². The van der Waals surface area contributed by atoms with Crippen molar-refractivity contribution >= 4 is 0 Å². The van der Waals surface area contributed by atoms with E-state index < -0.39 is 0 Å². The van der Waals surface area contributed by atoms with Crippen molar-refractivity contribution in [2.24, 2.45) is 0 Å². The summed E-state index contributed by atoms with van der Waals surface area (Å²) in [4.78, 5) is 9.30. The van der Waals surface area contributed by atoms with Crippen molar-refractivity contribution in [3.8, 4) is 5.75 Å². The van der Waals surface area contributed by atoms with Crippen molar-refractivity contribution < 1.29 is 14.8 Å². The summed E-state index contributed by atoms with van der Waals surface area (Å²) in [7, 11) is 0. The molecule has 0 N–H and O–H groups in total. The molecular weight excluding hydrogens is 240 g/mol. The highest BCUT2D eigenvalue weighted by molar-refractivity contribution is 5.26. The van der Waals surface area contributed by atoms with Crippen LogP contribution in [0.2, 0.25) is 0 Å². The van der Waals surface area contributed by atoms with Gasteiger partial charge in [0.1, 0.15) is 6.26 Å². The maximum absolute atomic E-state index is 4.88. The molecule has 0 spiro atoms. The number of aryl methyl sites for hydroxylation is 1. The average Bonchev–Trinajstić information content (AvgIpc) is 2.44. The fourth-order valence-electron chi connectivity index (χ4n) is 1.91. The standard InChI is InChI=1S/C16H24O3/c1-3-5-6-7-8-9-10-15-11-13-16(14-12-15)18-19-17-4-2/h4,11-14H,2-3,5-10H2,1H3. The van der Waals surface area contributed by atoms with Gasteiger partial charge in [0, 0.05) is 5.04 Å². The highest BCUT2D eigenvalue weighted by Crippen LogP contribution is 2.15. The molecule has 3 nitrogen and oxygen atoms in total. The van der Waals surface area contributed by atoms with Gasteiger partial charge in [0.2, 0.25) is 0 Å². The van der Waals surface area contributed by atoms with Gasteiger partial charge in [-0.2, -0.15) is 0 Å². The third kappa shape index (κ3) is 7.52. The van der Waals surface area contributed by atoms with Crippen LogP contribution in [-0.4, -0.2) is 0 Å². The molecule has 3 heteroatoms. The van der Waals surface area contributed by atoms with Gasteiger partial charge < -0.3 is 4.89 Å². The van der Waals surface area contributed by atoms with E-state index in [0.717, 1.165) is 12.7 Å². The van der Waals surface area contributed by atoms with Gasteiger partial charge in [-0.25, -0.2) is 0 Å². The van der Waals surface area contributed by atoms with Crippen molar-refractivity contribution in [2.45, 2.75) is 51.9 Å². The number of benzene rings is 1. The molecule has 0 amide bonds. The molecule has 0 heterocycles. The Morgan fingerprint density at radius 1 is 1.00 bits per heavy atom. The van der Waals surface area contributed by atoms with Crippen LogP contribution in [0, 0.1) is 0 Å². The second-order valence-corrected chi connectivity index (χ2v) is 4.58. The molecule has 0 radical (unpaired) electrons. The fourth-order valence-corrected chi connectivity index (χ4v) is 1.91. The molecule has 0 aliphatic heterocycles. The van der Waals surface area contributed by atoms with E-state index in [1.165, 1.54) is 44.1 Å². The normalized spacial score (nSPS) is 10.2. The molecule has 0 aliphatic rings.